The molecule has 0 bridgehead atoms. The van der Waals surface area contributed by atoms with Gasteiger partial charge in [0.1, 0.15) is 12.4 Å². The Kier molecular flexibility index (Phi) is 5.18. The van der Waals surface area contributed by atoms with Crippen LogP contribution in [0.3, 0.4) is 0 Å². The van der Waals surface area contributed by atoms with Crippen molar-refractivity contribution < 1.29 is 14.3 Å². The van der Waals surface area contributed by atoms with Gasteiger partial charge in [0.2, 0.25) is 11.2 Å². The van der Waals surface area contributed by atoms with Gasteiger partial charge in [-0.25, -0.2) is 14.8 Å². The number of benzene rings is 1. The van der Waals surface area contributed by atoms with Gasteiger partial charge < -0.3 is 9.64 Å². The van der Waals surface area contributed by atoms with E-state index in [4.69, 9.17) is 16.3 Å². The predicted octanol–water partition coefficient (Wildman–Crippen LogP) is 3.17. The molecule has 0 saturated carbocycles. The van der Waals surface area contributed by atoms with Gasteiger partial charge in [-0.15, -0.1) is 0 Å². The first-order valence-electron chi connectivity index (χ1n) is 10.8. The number of cyclic esters (lactones) is 1. The third kappa shape index (κ3) is 3.59. The standard InChI is InChI=1S/C23H25ClN4O3/c1-15-16(2-3-17-18(15)14-31-20(17)29)5-10-27-11-6-23(7-12-27)8-13-28(21(23)30)19-4-9-25-22(24)26-19/h2-4,9H,5-8,10-14H2,1H3. The number of aromatic nitrogens is 2. The highest BCUT2D eigenvalue weighted by Gasteiger charge is 2.48. The van der Waals surface area contributed by atoms with Crippen LogP contribution in [0.4, 0.5) is 5.82 Å². The summed E-state index contributed by atoms with van der Waals surface area (Å²) in [5.74, 6) is 0.547. The minimum absolute atomic E-state index is 0.166. The van der Waals surface area contributed by atoms with Gasteiger partial charge in [0.05, 0.1) is 11.0 Å². The fourth-order valence-electron chi connectivity index (χ4n) is 5.13. The number of carbonyl (C=O) groups excluding carboxylic acids is 2. The Morgan fingerprint density at radius 1 is 1.13 bits per heavy atom. The molecule has 3 aliphatic heterocycles. The molecule has 2 aromatic rings. The Hall–Kier alpha value is -2.51. The molecule has 0 unspecified atom stereocenters. The zero-order valence-corrected chi connectivity index (χ0v) is 18.3. The molecule has 1 aromatic carbocycles. The Balaban J connectivity index is 1.20. The number of esters is 1. The fourth-order valence-corrected chi connectivity index (χ4v) is 5.27. The normalized spacial score (nSPS) is 20.4. The number of hydrogen-bond donors (Lipinski definition) is 0. The highest BCUT2D eigenvalue weighted by molar-refractivity contribution is 6.28. The Labute approximate surface area is 186 Å². The van der Waals surface area contributed by atoms with Crippen LogP contribution in [0.2, 0.25) is 5.28 Å². The molecule has 0 N–H and O–H groups in total. The van der Waals surface area contributed by atoms with Crippen LogP contribution in [0.1, 0.15) is 46.3 Å². The van der Waals surface area contributed by atoms with Gasteiger partial charge in [0.25, 0.3) is 0 Å². The fraction of sp³-hybridized carbons (Fsp3) is 0.478. The van der Waals surface area contributed by atoms with Crippen LogP contribution in [0.5, 0.6) is 0 Å². The number of carbonyl (C=O) groups is 2. The lowest BCUT2D eigenvalue weighted by Crippen LogP contribution is -2.45. The van der Waals surface area contributed by atoms with Crippen molar-refractivity contribution >= 4 is 29.3 Å². The van der Waals surface area contributed by atoms with Crippen molar-refractivity contribution in [1.29, 1.82) is 0 Å². The number of anilines is 1. The van der Waals surface area contributed by atoms with Crippen LogP contribution in [-0.4, -0.2) is 52.9 Å². The molecule has 7 nitrogen and oxygen atoms in total. The molecular formula is C23H25ClN4O3. The van der Waals surface area contributed by atoms with Crippen molar-refractivity contribution in [2.24, 2.45) is 5.41 Å². The number of rotatable bonds is 4. The van der Waals surface area contributed by atoms with Gasteiger partial charge in [0, 0.05) is 24.8 Å². The first-order valence-corrected chi connectivity index (χ1v) is 11.2. The lowest BCUT2D eigenvalue weighted by molar-refractivity contribution is -0.128. The quantitative estimate of drug-likeness (QED) is 0.537. The number of hydrogen-bond acceptors (Lipinski definition) is 6. The molecule has 5 rings (SSSR count). The van der Waals surface area contributed by atoms with Crippen LogP contribution in [-0.2, 0) is 22.6 Å². The van der Waals surface area contributed by atoms with Gasteiger partial charge in [-0.2, -0.15) is 0 Å². The lowest BCUT2D eigenvalue weighted by atomic mass is 9.77. The van der Waals surface area contributed by atoms with Crippen LogP contribution < -0.4 is 4.90 Å². The smallest absolute Gasteiger partial charge is 0.338 e. The van der Waals surface area contributed by atoms with Crippen LogP contribution >= 0.6 is 11.6 Å². The maximum absolute atomic E-state index is 13.2. The average molecular weight is 441 g/mol. The van der Waals surface area contributed by atoms with Gasteiger partial charge in [-0.05, 0) is 80.6 Å². The summed E-state index contributed by atoms with van der Waals surface area (Å²) >= 11 is 5.91. The zero-order chi connectivity index (χ0) is 21.6. The molecule has 8 heteroatoms. The van der Waals surface area contributed by atoms with E-state index in [1.165, 1.54) is 11.1 Å². The van der Waals surface area contributed by atoms with E-state index in [0.29, 0.717) is 24.5 Å². The molecule has 4 heterocycles. The van der Waals surface area contributed by atoms with Gasteiger partial charge in [-0.1, -0.05) is 6.07 Å². The van der Waals surface area contributed by atoms with Gasteiger partial charge in [-0.3, -0.25) is 9.69 Å². The summed E-state index contributed by atoms with van der Waals surface area (Å²) in [4.78, 5) is 37.3. The third-order valence-electron chi connectivity index (χ3n) is 7.19. The van der Waals surface area contributed by atoms with Gasteiger partial charge >= 0.3 is 5.97 Å². The molecular weight excluding hydrogens is 416 g/mol. The molecule has 2 fully saturated rings. The van der Waals surface area contributed by atoms with Crippen LogP contribution in [0, 0.1) is 12.3 Å². The monoisotopic (exact) mass is 440 g/mol. The molecule has 0 radical (unpaired) electrons. The van der Waals surface area contributed by atoms with Crippen molar-refractivity contribution in [3.63, 3.8) is 0 Å². The van der Waals surface area contributed by atoms with E-state index in [-0.39, 0.29) is 22.6 Å². The van der Waals surface area contributed by atoms with E-state index in [1.54, 1.807) is 17.2 Å². The summed E-state index contributed by atoms with van der Waals surface area (Å²) in [7, 11) is 0. The van der Waals surface area contributed by atoms with Crippen molar-refractivity contribution in [2.75, 3.05) is 31.1 Å². The highest BCUT2D eigenvalue weighted by atomic mass is 35.5. The minimum Gasteiger partial charge on any atom is -0.457 e. The van der Waals surface area contributed by atoms with E-state index in [0.717, 1.165) is 50.9 Å². The van der Waals surface area contributed by atoms with Gasteiger partial charge in [0.15, 0.2) is 0 Å². The summed E-state index contributed by atoms with van der Waals surface area (Å²) in [6.45, 7) is 5.92. The van der Waals surface area contributed by atoms with Crippen molar-refractivity contribution in [1.82, 2.24) is 14.9 Å². The van der Waals surface area contributed by atoms with E-state index >= 15 is 0 Å². The molecule has 31 heavy (non-hydrogen) atoms. The number of halogens is 1. The first-order chi connectivity index (χ1) is 15.0. The van der Waals surface area contributed by atoms with E-state index in [1.807, 2.05) is 6.07 Å². The maximum Gasteiger partial charge on any atom is 0.338 e. The average Bonchev–Trinajstić information content (AvgIpc) is 3.30. The number of ether oxygens (including phenoxy) is 1. The molecule has 0 atom stereocenters. The number of likely N-dealkylation sites (tertiary alicyclic amines) is 1. The second-order valence-electron chi connectivity index (χ2n) is 8.71. The largest absolute Gasteiger partial charge is 0.457 e. The first kappa shape index (κ1) is 20.4. The van der Waals surface area contributed by atoms with E-state index < -0.39 is 0 Å². The van der Waals surface area contributed by atoms with E-state index in [9.17, 15) is 9.59 Å². The molecule has 2 saturated heterocycles. The Bertz CT molecular complexity index is 1050. The number of fused-ring (bicyclic) bond motifs is 1. The number of piperidine rings is 1. The van der Waals surface area contributed by atoms with Crippen molar-refractivity contribution in [2.45, 2.75) is 39.2 Å². The van der Waals surface area contributed by atoms with Crippen LogP contribution in [0.25, 0.3) is 0 Å². The lowest BCUT2D eigenvalue weighted by Gasteiger charge is -2.38. The molecule has 1 aromatic heterocycles. The predicted molar refractivity (Wildman–Crippen MR) is 116 cm³/mol. The summed E-state index contributed by atoms with van der Waals surface area (Å²) in [5.41, 5.74) is 3.88. The SMILES string of the molecule is Cc1c(CCN2CCC3(CC2)CCN(c2ccnc(Cl)n2)C3=O)ccc2c1COC2=O. The second kappa shape index (κ2) is 7.88. The Morgan fingerprint density at radius 2 is 1.90 bits per heavy atom. The summed E-state index contributed by atoms with van der Waals surface area (Å²) in [5, 5.41) is 0.166. The molecule has 1 amide bonds. The Morgan fingerprint density at radius 3 is 2.68 bits per heavy atom. The van der Waals surface area contributed by atoms with Crippen LogP contribution in [0.15, 0.2) is 24.4 Å². The zero-order valence-electron chi connectivity index (χ0n) is 17.6. The van der Waals surface area contributed by atoms with Crippen molar-refractivity contribution in [3.8, 4) is 0 Å². The third-order valence-corrected chi connectivity index (χ3v) is 7.37. The van der Waals surface area contributed by atoms with Crippen molar-refractivity contribution in [3.05, 3.63) is 51.9 Å². The molecule has 1 spiro atoms. The van der Waals surface area contributed by atoms with E-state index in [2.05, 4.69) is 27.9 Å². The highest BCUT2D eigenvalue weighted by Crippen LogP contribution is 2.42. The summed E-state index contributed by atoms with van der Waals surface area (Å²) in [6, 6.07) is 5.69. The molecule has 3 aliphatic rings. The molecule has 0 aliphatic carbocycles. The summed E-state index contributed by atoms with van der Waals surface area (Å²) in [6.07, 6.45) is 5.12. The molecule has 162 valence electrons. The number of amides is 1. The minimum atomic E-state index is -0.283. The topological polar surface area (TPSA) is 75.6 Å². The second-order valence-corrected chi connectivity index (χ2v) is 9.05. The maximum atomic E-state index is 13.2. The summed E-state index contributed by atoms with van der Waals surface area (Å²) < 4.78 is 5.16. The number of nitrogens with zero attached hydrogens (tertiary/aromatic N) is 4.